The van der Waals surface area contributed by atoms with Crippen LogP contribution in [0.25, 0.3) is 0 Å². The van der Waals surface area contributed by atoms with Gasteiger partial charge >= 0.3 is 0 Å². The van der Waals surface area contributed by atoms with E-state index in [2.05, 4.69) is 27.6 Å². The van der Waals surface area contributed by atoms with E-state index >= 15 is 0 Å². The van der Waals surface area contributed by atoms with Gasteiger partial charge in [-0.05, 0) is 32.0 Å². The molecular weight excluding hydrogens is 304 g/mol. The number of rotatable bonds is 7. The lowest BCUT2D eigenvalue weighted by atomic mass is 10.2. The third-order valence-corrected chi connectivity index (χ3v) is 4.57. The van der Waals surface area contributed by atoms with Gasteiger partial charge in [-0.2, -0.15) is 0 Å². The van der Waals surface area contributed by atoms with Crippen LogP contribution in [0.5, 0.6) is 11.5 Å². The second-order valence-electron chi connectivity index (χ2n) is 6.11. The van der Waals surface area contributed by atoms with Crippen molar-refractivity contribution in [1.82, 2.24) is 10.2 Å². The predicted octanol–water partition coefficient (Wildman–Crippen LogP) is 2.57. The van der Waals surface area contributed by atoms with Crippen LogP contribution < -0.4 is 20.1 Å². The largest absolute Gasteiger partial charge is 0.493 e. The summed E-state index contributed by atoms with van der Waals surface area (Å²) >= 11 is 0. The molecule has 1 aromatic carbocycles. The van der Waals surface area contributed by atoms with Crippen molar-refractivity contribution in [3.63, 3.8) is 0 Å². The average molecular weight is 334 g/mol. The van der Waals surface area contributed by atoms with Crippen LogP contribution in [0, 0.1) is 0 Å². The van der Waals surface area contributed by atoms with Gasteiger partial charge in [-0.25, -0.2) is 0 Å². The fourth-order valence-electron chi connectivity index (χ4n) is 3.11. The van der Waals surface area contributed by atoms with Crippen molar-refractivity contribution in [2.24, 2.45) is 4.99 Å². The first-order valence-electron chi connectivity index (χ1n) is 8.58. The van der Waals surface area contributed by atoms with Gasteiger partial charge in [-0.1, -0.05) is 12.8 Å². The van der Waals surface area contributed by atoms with E-state index in [1.807, 2.05) is 18.2 Å². The van der Waals surface area contributed by atoms with E-state index in [1.54, 1.807) is 21.3 Å². The minimum atomic E-state index is 0.693. The van der Waals surface area contributed by atoms with Crippen LogP contribution in [0.4, 0.5) is 5.69 Å². The Morgan fingerprint density at radius 2 is 1.92 bits per heavy atom. The van der Waals surface area contributed by atoms with Crippen molar-refractivity contribution >= 4 is 11.6 Å². The highest BCUT2D eigenvalue weighted by Crippen LogP contribution is 2.29. The van der Waals surface area contributed by atoms with E-state index in [4.69, 9.17) is 9.47 Å². The van der Waals surface area contributed by atoms with Crippen molar-refractivity contribution in [1.29, 1.82) is 0 Å². The van der Waals surface area contributed by atoms with E-state index in [-0.39, 0.29) is 0 Å². The lowest BCUT2D eigenvalue weighted by Crippen LogP contribution is -2.39. The summed E-state index contributed by atoms with van der Waals surface area (Å²) in [5, 5.41) is 6.65. The monoisotopic (exact) mass is 334 g/mol. The Labute approximate surface area is 145 Å². The maximum absolute atomic E-state index is 5.33. The number of nitrogens with one attached hydrogen (secondary N) is 2. The predicted molar refractivity (Wildman–Crippen MR) is 99.4 cm³/mol. The average Bonchev–Trinajstić information content (AvgIpc) is 3.15. The second kappa shape index (κ2) is 9.37. The van der Waals surface area contributed by atoms with Crippen LogP contribution in [0.2, 0.25) is 0 Å². The maximum atomic E-state index is 5.33. The fraction of sp³-hybridized carbons (Fsp3) is 0.611. The number of benzene rings is 1. The van der Waals surface area contributed by atoms with E-state index in [9.17, 15) is 0 Å². The highest BCUT2D eigenvalue weighted by Gasteiger charge is 2.18. The molecule has 0 unspecified atom stereocenters. The molecular formula is C18H30N4O2. The molecule has 6 nitrogen and oxygen atoms in total. The summed E-state index contributed by atoms with van der Waals surface area (Å²) in [4.78, 5) is 6.73. The molecule has 0 amide bonds. The molecule has 6 heteroatoms. The van der Waals surface area contributed by atoms with Gasteiger partial charge < -0.3 is 25.0 Å². The molecule has 134 valence electrons. The third kappa shape index (κ3) is 5.03. The van der Waals surface area contributed by atoms with Crippen LogP contribution in [0.15, 0.2) is 23.2 Å². The summed E-state index contributed by atoms with van der Waals surface area (Å²) in [5.41, 5.74) is 0.907. The molecule has 2 N–H and O–H groups in total. The molecule has 0 atom stereocenters. The smallest absolute Gasteiger partial charge is 0.195 e. The van der Waals surface area contributed by atoms with Crippen LogP contribution in [0.1, 0.15) is 25.7 Å². The first-order valence-corrected chi connectivity index (χ1v) is 8.58. The topological polar surface area (TPSA) is 58.1 Å². The lowest BCUT2D eigenvalue weighted by molar-refractivity contribution is 0.249. The molecule has 24 heavy (non-hydrogen) atoms. The van der Waals surface area contributed by atoms with Gasteiger partial charge in [0, 0.05) is 37.9 Å². The van der Waals surface area contributed by atoms with Crippen LogP contribution >= 0.6 is 0 Å². The van der Waals surface area contributed by atoms with E-state index in [1.165, 1.54) is 25.7 Å². The first kappa shape index (κ1) is 18.4. The number of likely N-dealkylation sites (N-methyl/N-ethyl adjacent to an activating group) is 1. The lowest BCUT2D eigenvalue weighted by Gasteiger charge is -2.24. The summed E-state index contributed by atoms with van der Waals surface area (Å²) in [7, 11) is 7.25. The summed E-state index contributed by atoms with van der Waals surface area (Å²) in [6.07, 6.45) is 5.39. The Hall–Kier alpha value is -1.95. The normalized spacial score (nSPS) is 15.6. The van der Waals surface area contributed by atoms with Crippen LogP contribution in [-0.2, 0) is 0 Å². The number of hydrogen-bond donors (Lipinski definition) is 2. The molecule has 1 fully saturated rings. The molecule has 1 saturated carbocycles. The van der Waals surface area contributed by atoms with Crippen molar-refractivity contribution in [2.45, 2.75) is 31.7 Å². The number of ether oxygens (including phenoxy) is 2. The van der Waals surface area contributed by atoms with Gasteiger partial charge in [0.05, 0.1) is 14.2 Å². The first-order chi connectivity index (χ1) is 11.7. The summed E-state index contributed by atoms with van der Waals surface area (Å²) in [6, 6.07) is 6.46. The number of aliphatic imine (C=N–C) groups is 1. The van der Waals surface area contributed by atoms with Crippen LogP contribution in [-0.4, -0.2) is 58.3 Å². The van der Waals surface area contributed by atoms with Gasteiger partial charge in [0.15, 0.2) is 17.5 Å². The number of anilines is 1. The van der Waals surface area contributed by atoms with Gasteiger partial charge in [-0.3, -0.25) is 4.99 Å². The molecule has 1 aromatic rings. The zero-order chi connectivity index (χ0) is 17.4. The zero-order valence-corrected chi connectivity index (χ0v) is 15.3. The van der Waals surface area contributed by atoms with Gasteiger partial charge in [0.25, 0.3) is 0 Å². The highest BCUT2D eigenvalue weighted by molar-refractivity contribution is 5.93. The van der Waals surface area contributed by atoms with Crippen molar-refractivity contribution in [2.75, 3.05) is 46.7 Å². The SMILES string of the molecule is CN=C(NCCN(C)C1CCCC1)Nc1ccc(OC)c(OC)c1. The summed E-state index contributed by atoms with van der Waals surface area (Å²) in [6.45, 7) is 1.87. The Balaban J connectivity index is 1.83. The number of guanidine groups is 1. The Kier molecular flexibility index (Phi) is 7.18. The Morgan fingerprint density at radius 3 is 2.54 bits per heavy atom. The minimum Gasteiger partial charge on any atom is -0.493 e. The molecule has 1 aliphatic rings. The number of nitrogens with zero attached hydrogens (tertiary/aromatic N) is 2. The molecule has 0 heterocycles. The van der Waals surface area contributed by atoms with Crippen LogP contribution in [0.3, 0.4) is 0 Å². The maximum Gasteiger partial charge on any atom is 0.195 e. The van der Waals surface area contributed by atoms with Gasteiger partial charge in [0.2, 0.25) is 0 Å². The molecule has 0 aliphatic heterocycles. The number of methoxy groups -OCH3 is 2. The molecule has 0 aromatic heterocycles. The quantitative estimate of drug-likeness (QED) is 0.593. The van der Waals surface area contributed by atoms with E-state index in [0.29, 0.717) is 11.5 Å². The van der Waals surface area contributed by atoms with Crippen molar-refractivity contribution < 1.29 is 9.47 Å². The van der Waals surface area contributed by atoms with Crippen molar-refractivity contribution in [3.8, 4) is 11.5 Å². The Morgan fingerprint density at radius 1 is 1.21 bits per heavy atom. The molecule has 0 spiro atoms. The molecule has 0 saturated heterocycles. The Bertz CT molecular complexity index is 542. The molecule has 0 bridgehead atoms. The van der Waals surface area contributed by atoms with Gasteiger partial charge in [-0.15, -0.1) is 0 Å². The summed E-state index contributed by atoms with van der Waals surface area (Å²) < 4.78 is 10.6. The van der Waals surface area contributed by atoms with E-state index in [0.717, 1.165) is 30.8 Å². The van der Waals surface area contributed by atoms with E-state index < -0.39 is 0 Å². The zero-order valence-electron chi connectivity index (χ0n) is 15.3. The minimum absolute atomic E-state index is 0.693. The molecule has 1 aliphatic carbocycles. The van der Waals surface area contributed by atoms with Crippen molar-refractivity contribution in [3.05, 3.63) is 18.2 Å². The molecule has 2 rings (SSSR count). The number of hydrogen-bond acceptors (Lipinski definition) is 4. The second-order valence-corrected chi connectivity index (χ2v) is 6.11. The molecule has 0 radical (unpaired) electrons. The third-order valence-electron chi connectivity index (χ3n) is 4.57. The fourth-order valence-corrected chi connectivity index (χ4v) is 3.11. The standard InChI is InChI=1S/C18H30N4O2/c1-19-18(20-11-12-22(2)15-7-5-6-8-15)21-14-9-10-16(23-3)17(13-14)24-4/h9-10,13,15H,5-8,11-12H2,1-4H3,(H2,19,20,21). The van der Waals surface area contributed by atoms with Gasteiger partial charge in [0.1, 0.15) is 0 Å². The highest BCUT2D eigenvalue weighted by atomic mass is 16.5. The summed E-state index contributed by atoms with van der Waals surface area (Å²) in [5.74, 6) is 2.16.